The fourth-order valence-corrected chi connectivity index (χ4v) is 9.43. The molecule has 49 heavy (non-hydrogen) atoms. The molecular weight excluding hydrogens is 623 g/mol. The number of hydrogen-bond donors (Lipinski definition) is 0. The molecule has 0 N–H and O–H groups in total. The second kappa shape index (κ2) is 11.0. The van der Waals surface area contributed by atoms with E-state index in [1.165, 1.54) is 0 Å². The third-order valence-electron chi connectivity index (χ3n) is 9.91. The van der Waals surface area contributed by atoms with Crippen molar-refractivity contribution in [3.63, 3.8) is 0 Å². The molecular formula is C44H29NO3S. The van der Waals surface area contributed by atoms with Crippen molar-refractivity contribution in [3.05, 3.63) is 209 Å². The van der Waals surface area contributed by atoms with Gasteiger partial charge in [0.25, 0.3) is 0 Å². The fourth-order valence-electron chi connectivity index (χ4n) is 7.94. The van der Waals surface area contributed by atoms with Crippen LogP contribution in [0.15, 0.2) is 186 Å². The molecule has 0 radical (unpaired) electrons. The Kier molecular flexibility index (Phi) is 6.54. The maximum absolute atomic E-state index is 14.1. The molecule has 5 heteroatoms. The van der Waals surface area contributed by atoms with E-state index in [1.807, 2.05) is 84.9 Å². The van der Waals surface area contributed by atoms with Crippen molar-refractivity contribution < 1.29 is 13.2 Å². The summed E-state index contributed by atoms with van der Waals surface area (Å²) < 4.78 is 28.3. The summed E-state index contributed by atoms with van der Waals surface area (Å²) >= 11 is 0. The van der Waals surface area contributed by atoms with E-state index >= 15 is 0 Å². The van der Waals surface area contributed by atoms with E-state index in [2.05, 4.69) is 59.5 Å². The Hall–Kier alpha value is -6.04. The first-order valence-corrected chi connectivity index (χ1v) is 17.7. The SMILES string of the molecule is O=C1c2ccccc2C2(c3ccccc31)c1ccccc1N(c1ccccc1-c1ccccc1S(=O)(=O)c1ccccc1)c1ccccc12. The molecule has 2 aliphatic rings. The van der Waals surface area contributed by atoms with Crippen LogP contribution in [0.5, 0.6) is 0 Å². The van der Waals surface area contributed by atoms with Gasteiger partial charge in [0.1, 0.15) is 0 Å². The first-order chi connectivity index (χ1) is 24.0. The van der Waals surface area contributed by atoms with Crippen molar-refractivity contribution in [2.75, 3.05) is 4.90 Å². The summed E-state index contributed by atoms with van der Waals surface area (Å²) in [7, 11) is -3.83. The summed E-state index contributed by atoms with van der Waals surface area (Å²) in [5.41, 5.74) is 8.77. The molecule has 1 aliphatic carbocycles. The van der Waals surface area contributed by atoms with Gasteiger partial charge in [0.2, 0.25) is 9.84 Å². The van der Waals surface area contributed by atoms with Gasteiger partial charge in [-0.05, 0) is 58.7 Å². The van der Waals surface area contributed by atoms with Gasteiger partial charge in [0.05, 0.1) is 32.3 Å². The number of carbonyl (C=O) groups excluding carboxylic acids is 1. The van der Waals surface area contributed by atoms with Crippen LogP contribution in [0.4, 0.5) is 17.1 Å². The van der Waals surface area contributed by atoms with Crippen LogP contribution in [0.3, 0.4) is 0 Å². The molecule has 7 aromatic carbocycles. The van der Waals surface area contributed by atoms with Crippen LogP contribution in [0.1, 0.15) is 38.2 Å². The Morgan fingerprint density at radius 1 is 0.388 bits per heavy atom. The second-order valence-electron chi connectivity index (χ2n) is 12.4. The van der Waals surface area contributed by atoms with E-state index in [0.29, 0.717) is 16.7 Å². The van der Waals surface area contributed by atoms with Gasteiger partial charge in [-0.15, -0.1) is 0 Å². The summed E-state index contributed by atoms with van der Waals surface area (Å²) in [6.45, 7) is 0. The van der Waals surface area contributed by atoms with Crippen LogP contribution in [-0.4, -0.2) is 14.2 Å². The maximum Gasteiger partial charge on any atom is 0.207 e. The molecule has 234 valence electrons. The van der Waals surface area contributed by atoms with Gasteiger partial charge in [-0.1, -0.05) is 140 Å². The summed E-state index contributed by atoms with van der Waals surface area (Å²) in [5.74, 6) is 0.0239. The number of hydrogen-bond acceptors (Lipinski definition) is 4. The average Bonchev–Trinajstić information content (AvgIpc) is 3.17. The molecule has 0 atom stereocenters. The van der Waals surface area contributed by atoms with Crippen molar-refractivity contribution in [2.24, 2.45) is 0 Å². The third-order valence-corrected chi connectivity index (χ3v) is 11.7. The monoisotopic (exact) mass is 651 g/mol. The summed E-state index contributed by atoms with van der Waals surface area (Å²) in [5, 5.41) is 0. The minimum absolute atomic E-state index is 0.0239. The molecule has 0 aromatic heterocycles. The summed E-state index contributed by atoms with van der Waals surface area (Å²) in [4.78, 5) is 16.7. The first kappa shape index (κ1) is 29.1. The van der Waals surface area contributed by atoms with E-state index in [1.54, 1.807) is 36.4 Å². The van der Waals surface area contributed by atoms with E-state index in [4.69, 9.17) is 0 Å². The Bertz CT molecular complexity index is 2460. The third kappa shape index (κ3) is 4.09. The lowest BCUT2D eigenvalue weighted by atomic mass is 9.57. The van der Waals surface area contributed by atoms with Crippen LogP contribution in [0.25, 0.3) is 11.1 Å². The highest BCUT2D eigenvalue weighted by molar-refractivity contribution is 7.91. The zero-order valence-corrected chi connectivity index (χ0v) is 27.1. The highest BCUT2D eigenvalue weighted by atomic mass is 32.2. The zero-order chi connectivity index (χ0) is 33.2. The lowest BCUT2D eigenvalue weighted by Crippen LogP contribution is -2.42. The molecule has 4 nitrogen and oxygen atoms in total. The van der Waals surface area contributed by atoms with Crippen LogP contribution < -0.4 is 4.90 Å². The zero-order valence-electron chi connectivity index (χ0n) is 26.3. The fraction of sp³-hybridized carbons (Fsp3) is 0.0227. The number of benzene rings is 7. The van der Waals surface area contributed by atoms with Crippen LogP contribution in [0.2, 0.25) is 0 Å². The number of carbonyl (C=O) groups is 1. The van der Waals surface area contributed by atoms with Crippen LogP contribution >= 0.6 is 0 Å². The molecule has 7 aromatic rings. The minimum Gasteiger partial charge on any atom is -0.309 e. The smallest absolute Gasteiger partial charge is 0.207 e. The Balaban J connectivity index is 1.35. The molecule has 1 spiro atoms. The Labute approximate surface area is 285 Å². The number of anilines is 3. The molecule has 9 rings (SSSR count). The number of ketones is 1. The van der Waals surface area contributed by atoms with E-state index in [0.717, 1.165) is 44.9 Å². The summed E-state index contributed by atoms with van der Waals surface area (Å²) in [6, 6.07) is 56.5. The van der Waals surface area contributed by atoms with Gasteiger partial charge in [-0.25, -0.2) is 8.42 Å². The minimum atomic E-state index is -3.83. The number of sulfone groups is 1. The van der Waals surface area contributed by atoms with Crippen molar-refractivity contribution >= 4 is 32.7 Å². The van der Waals surface area contributed by atoms with Crippen molar-refractivity contribution in [2.45, 2.75) is 15.2 Å². The standard InChI is InChI=1S/C44H29NO3S/c46-43-33-20-4-8-22-35(33)44(36-23-9-5-21-34(36)43)37-24-10-13-27-40(37)45(41-28-14-11-25-38(41)44)39-26-12-6-18-31(39)32-19-7-15-29-42(32)49(47,48)30-16-2-1-3-17-30/h1-29H. The lowest BCUT2D eigenvalue weighted by Gasteiger charge is -2.49. The molecule has 0 unspecified atom stereocenters. The Morgan fingerprint density at radius 3 is 1.37 bits per heavy atom. The Morgan fingerprint density at radius 2 is 0.796 bits per heavy atom. The van der Waals surface area contributed by atoms with Gasteiger partial charge >= 0.3 is 0 Å². The van der Waals surface area contributed by atoms with E-state index in [9.17, 15) is 13.2 Å². The molecule has 0 bridgehead atoms. The predicted molar refractivity (Wildman–Crippen MR) is 194 cm³/mol. The highest BCUT2D eigenvalue weighted by Crippen LogP contribution is 2.60. The number of para-hydroxylation sites is 3. The van der Waals surface area contributed by atoms with Crippen molar-refractivity contribution in [3.8, 4) is 11.1 Å². The number of nitrogens with zero attached hydrogens (tertiary/aromatic N) is 1. The molecule has 0 saturated heterocycles. The topological polar surface area (TPSA) is 54.5 Å². The van der Waals surface area contributed by atoms with Gasteiger partial charge < -0.3 is 4.90 Å². The van der Waals surface area contributed by atoms with Crippen LogP contribution in [0, 0.1) is 0 Å². The maximum atomic E-state index is 14.1. The molecule has 0 fully saturated rings. The predicted octanol–water partition coefficient (Wildman–Crippen LogP) is 9.90. The largest absolute Gasteiger partial charge is 0.309 e. The van der Waals surface area contributed by atoms with E-state index in [-0.39, 0.29) is 15.6 Å². The molecule has 1 heterocycles. The van der Waals surface area contributed by atoms with Gasteiger partial charge in [-0.3, -0.25) is 4.79 Å². The quantitative estimate of drug-likeness (QED) is 0.190. The lowest BCUT2D eigenvalue weighted by molar-refractivity contribution is 0.103. The second-order valence-corrected chi connectivity index (χ2v) is 14.3. The molecule has 0 saturated carbocycles. The van der Waals surface area contributed by atoms with Crippen LogP contribution in [-0.2, 0) is 15.3 Å². The number of fused-ring (bicyclic) bond motifs is 8. The highest BCUT2D eigenvalue weighted by Gasteiger charge is 2.51. The molecule has 1 aliphatic heterocycles. The first-order valence-electron chi connectivity index (χ1n) is 16.2. The van der Waals surface area contributed by atoms with Gasteiger partial charge in [0, 0.05) is 22.3 Å². The van der Waals surface area contributed by atoms with E-state index < -0.39 is 15.3 Å². The normalized spacial score (nSPS) is 14.0. The van der Waals surface area contributed by atoms with Gasteiger partial charge in [0.15, 0.2) is 5.78 Å². The van der Waals surface area contributed by atoms with Crippen molar-refractivity contribution in [1.29, 1.82) is 0 Å². The van der Waals surface area contributed by atoms with Crippen molar-refractivity contribution in [1.82, 2.24) is 0 Å². The summed E-state index contributed by atoms with van der Waals surface area (Å²) in [6.07, 6.45) is 0. The average molecular weight is 652 g/mol. The van der Waals surface area contributed by atoms with Gasteiger partial charge in [-0.2, -0.15) is 0 Å². The number of rotatable bonds is 4. The molecule has 0 amide bonds.